The van der Waals surface area contributed by atoms with Crippen LogP contribution < -0.4 is 4.90 Å². The monoisotopic (exact) mass is 315 g/mol. The molecule has 1 saturated heterocycles. The third-order valence-corrected chi connectivity index (χ3v) is 4.76. The normalized spacial score (nSPS) is 24.6. The molecule has 0 unspecified atom stereocenters. The minimum absolute atomic E-state index is 0.615. The van der Waals surface area contributed by atoms with Crippen LogP contribution in [0.15, 0.2) is 22.9 Å². The Morgan fingerprint density at radius 1 is 1.41 bits per heavy atom. The number of rotatable bonds is 3. The Morgan fingerprint density at radius 3 is 2.71 bits per heavy atom. The molecule has 1 aromatic rings. The van der Waals surface area contributed by atoms with E-state index in [1.807, 2.05) is 24.2 Å². The first-order chi connectivity index (χ1) is 8.11. The number of aromatic nitrogens is 1. The number of likely N-dealkylation sites (N-methyl/N-ethyl adjacent to an activating group) is 1. The summed E-state index contributed by atoms with van der Waals surface area (Å²) in [6.07, 6.45) is 5.97. The minimum Gasteiger partial charge on any atom is -0.367 e. The molecule has 94 valence electrons. The predicted molar refractivity (Wildman–Crippen MR) is 78.9 cm³/mol. The molecular weight excluding hydrogens is 298 g/mol. The molecule has 0 aliphatic carbocycles. The number of hydrogen-bond donors (Lipinski definition) is 0. The summed E-state index contributed by atoms with van der Waals surface area (Å²) < 4.78 is 1.05. The van der Waals surface area contributed by atoms with Crippen LogP contribution in [0.3, 0.4) is 0 Å². The largest absolute Gasteiger partial charge is 0.367 e. The van der Waals surface area contributed by atoms with Gasteiger partial charge in [0.25, 0.3) is 0 Å². The second kappa shape index (κ2) is 5.59. The fourth-order valence-electron chi connectivity index (χ4n) is 2.27. The van der Waals surface area contributed by atoms with Gasteiger partial charge in [-0.15, -0.1) is 0 Å². The third-order valence-electron chi connectivity index (χ3n) is 3.26. The van der Waals surface area contributed by atoms with Gasteiger partial charge in [-0.25, -0.2) is 0 Å². The summed E-state index contributed by atoms with van der Waals surface area (Å²) >= 11 is 5.44. The molecule has 2 heterocycles. The van der Waals surface area contributed by atoms with Crippen LogP contribution in [-0.4, -0.2) is 54.6 Å². The smallest absolute Gasteiger partial charge is 0.0565 e. The Kier molecular flexibility index (Phi) is 4.33. The highest BCUT2D eigenvalue weighted by Crippen LogP contribution is 2.29. The molecule has 17 heavy (non-hydrogen) atoms. The van der Waals surface area contributed by atoms with Gasteiger partial charge in [0.15, 0.2) is 0 Å². The van der Waals surface area contributed by atoms with E-state index in [-0.39, 0.29) is 0 Å². The van der Waals surface area contributed by atoms with E-state index in [1.165, 1.54) is 5.69 Å². The molecule has 5 heteroatoms. The average molecular weight is 316 g/mol. The van der Waals surface area contributed by atoms with E-state index in [4.69, 9.17) is 0 Å². The Bertz CT molecular complexity index is 386. The highest BCUT2D eigenvalue weighted by molar-refractivity contribution is 9.10. The highest BCUT2D eigenvalue weighted by Gasteiger charge is 2.33. The molecule has 0 bridgehead atoms. The van der Waals surface area contributed by atoms with Gasteiger partial charge in [-0.1, -0.05) is 0 Å². The molecule has 0 spiro atoms. The van der Waals surface area contributed by atoms with Crippen LogP contribution in [0, 0.1) is 0 Å². The van der Waals surface area contributed by atoms with E-state index in [2.05, 4.69) is 57.1 Å². The lowest BCUT2D eigenvalue weighted by atomic mass is 10.2. The van der Waals surface area contributed by atoms with Crippen molar-refractivity contribution in [3.8, 4) is 0 Å². The first-order valence-corrected chi connectivity index (χ1v) is 7.74. The topological polar surface area (TPSA) is 19.4 Å². The van der Waals surface area contributed by atoms with Crippen LogP contribution in [0.1, 0.15) is 0 Å². The number of pyridine rings is 1. The number of thioether (sulfide) groups is 1. The number of anilines is 1. The number of nitrogens with zero attached hydrogens (tertiary/aromatic N) is 3. The second-order valence-electron chi connectivity index (χ2n) is 4.57. The molecule has 0 amide bonds. The maximum Gasteiger partial charge on any atom is 0.0565 e. The number of halogens is 1. The SMILES string of the molecule is CS[C@H]1CN(c2cncc(Br)c2)C[C@@H]1N(C)C. The van der Waals surface area contributed by atoms with Crippen molar-refractivity contribution in [2.24, 2.45) is 0 Å². The van der Waals surface area contributed by atoms with Crippen LogP contribution in [0.2, 0.25) is 0 Å². The standard InChI is InChI=1S/C12H18BrN3S/c1-15(2)11-7-16(8-12(11)17-3)10-4-9(13)5-14-6-10/h4-6,11-12H,7-8H2,1-3H3/t11-,12-/m0/s1. The number of hydrogen-bond acceptors (Lipinski definition) is 4. The average Bonchev–Trinajstić information content (AvgIpc) is 2.73. The second-order valence-corrected chi connectivity index (χ2v) is 6.56. The van der Waals surface area contributed by atoms with Crippen molar-refractivity contribution < 1.29 is 0 Å². The van der Waals surface area contributed by atoms with Gasteiger partial charge < -0.3 is 9.80 Å². The van der Waals surface area contributed by atoms with E-state index in [9.17, 15) is 0 Å². The molecule has 1 aliphatic rings. The van der Waals surface area contributed by atoms with Crippen LogP contribution in [0.25, 0.3) is 0 Å². The van der Waals surface area contributed by atoms with Crippen LogP contribution >= 0.6 is 27.7 Å². The molecule has 0 aromatic carbocycles. The van der Waals surface area contributed by atoms with Crippen molar-refractivity contribution in [2.75, 3.05) is 38.3 Å². The molecule has 0 N–H and O–H groups in total. The summed E-state index contributed by atoms with van der Waals surface area (Å²) in [5.74, 6) is 0. The summed E-state index contributed by atoms with van der Waals surface area (Å²) in [4.78, 5) is 8.99. The summed E-state index contributed by atoms with van der Waals surface area (Å²) in [5.41, 5.74) is 1.21. The van der Waals surface area contributed by atoms with Crippen LogP contribution in [-0.2, 0) is 0 Å². The van der Waals surface area contributed by atoms with E-state index in [1.54, 1.807) is 0 Å². The van der Waals surface area contributed by atoms with Crippen molar-refractivity contribution in [2.45, 2.75) is 11.3 Å². The van der Waals surface area contributed by atoms with Crippen LogP contribution in [0.5, 0.6) is 0 Å². The summed E-state index contributed by atoms with van der Waals surface area (Å²) in [7, 11) is 4.33. The minimum atomic E-state index is 0.615. The van der Waals surface area contributed by atoms with E-state index >= 15 is 0 Å². The Hall–Kier alpha value is -0.260. The van der Waals surface area contributed by atoms with E-state index in [0.29, 0.717) is 11.3 Å². The zero-order chi connectivity index (χ0) is 12.4. The van der Waals surface area contributed by atoms with Gasteiger partial charge in [0.2, 0.25) is 0 Å². The summed E-state index contributed by atoms with van der Waals surface area (Å²) in [6.45, 7) is 2.18. The molecule has 0 radical (unpaired) electrons. The Labute approximate surface area is 116 Å². The molecule has 0 saturated carbocycles. The molecule has 1 aliphatic heterocycles. The maximum absolute atomic E-state index is 4.24. The van der Waals surface area contributed by atoms with Gasteiger partial charge in [-0.05, 0) is 42.3 Å². The Morgan fingerprint density at radius 2 is 2.18 bits per heavy atom. The lowest BCUT2D eigenvalue weighted by molar-refractivity contribution is 0.320. The van der Waals surface area contributed by atoms with Crippen molar-refractivity contribution >= 4 is 33.4 Å². The summed E-state index contributed by atoms with van der Waals surface area (Å²) in [6, 6.07) is 2.76. The van der Waals surface area contributed by atoms with Crippen molar-refractivity contribution in [3.63, 3.8) is 0 Å². The molecule has 3 nitrogen and oxygen atoms in total. The fourth-order valence-corrected chi connectivity index (χ4v) is 3.59. The van der Waals surface area contributed by atoms with Gasteiger partial charge >= 0.3 is 0 Å². The maximum atomic E-state index is 4.24. The van der Waals surface area contributed by atoms with Gasteiger partial charge in [0, 0.05) is 35.1 Å². The first kappa shape index (κ1) is 13.2. The molecule has 2 atom stereocenters. The quantitative estimate of drug-likeness (QED) is 0.852. The van der Waals surface area contributed by atoms with E-state index in [0.717, 1.165) is 17.6 Å². The van der Waals surface area contributed by atoms with Crippen LogP contribution in [0.4, 0.5) is 5.69 Å². The first-order valence-electron chi connectivity index (χ1n) is 5.66. The van der Waals surface area contributed by atoms with Crippen molar-refractivity contribution in [1.82, 2.24) is 9.88 Å². The summed E-state index contributed by atoms with van der Waals surface area (Å²) in [5, 5.41) is 0.670. The van der Waals surface area contributed by atoms with Crippen molar-refractivity contribution in [3.05, 3.63) is 22.9 Å². The lowest BCUT2D eigenvalue weighted by Gasteiger charge is -2.23. The zero-order valence-corrected chi connectivity index (χ0v) is 12.8. The molecular formula is C12H18BrN3S. The lowest BCUT2D eigenvalue weighted by Crippen LogP contribution is -2.36. The fraction of sp³-hybridized carbons (Fsp3) is 0.583. The van der Waals surface area contributed by atoms with Gasteiger partial charge in [-0.2, -0.15) is 11.8 Å². The van der Waals surface area contributed by atoms with Crippen molar-refractivity contribution in [1.29, 1.82) is 0 Å². The highest BCUT2D eigenvalue weighted by atomic mass is 79.9. The molecule has 1 aromatic heterocycles. The van der Waals surface area contributed by atoms with Gasteiger partial charge in [0.05, 0.1) is 11.9 Å². The molecule has 2 rings (SSSR count). The van der Waals surface area contributed by atoms with Gasteiger partial charge in [0.1, 0.15) is 0 Å². The Balaban J connectivity index is 2.15. The third kappa shape index (κ3) is 2.95. The van der Waals surface area contributed by atoms with E-state index < -0.39 is 0 Å². The van der Waals surface area contributed by atoms with Gasteiger partial charge in [-0.3, -0.25) is 4.98 Å². The predicted octanol–water partition coefficient (Wildman–Crippen LogP) is 2.33. The zero-order valence-electron chi connectivity index (χ0n) is 10.4. The molecule has 1 fully saturated rings.